The normalized spacial score (nSPS) is 24.2. The minimum atomic E-state index is -0.471. The zero-order valence-electron chi connectivity index (χ0n) is 31.1. The van der Waals surface area contributed by atoms with Gasteiger partial charge in [0.25, 0.3) is 0 Å². The van der Waals surface area contributed by atoms with E-state index in [0.29, 0.717) is 26.2 Å². The molecule has 0 unspecified atom stereocenters. The highest BCUT2D eigenvalue weighted by Crippen LogP contribution is 2.40. The van der Waals surface area contributed by atoms with Crippen molar-refractivity contribution in [1.82, 2.24) is 9.80 Å². The quantitative estimate of drug-likeness (QED) is 0.292. The van der Waals surface area contributed by atoms with Gasteiger partial charge in [-0.25, -0.2) is 9.59 Å². The number of rotatable bonds is 2. The van der Waals surface area contributed by atoms with Crippen LogP contribution in [0.2, 0.25) is 0 Å². The maximum absolute atomic E-state index is 12.2. The molecule has 2 fully saturated rings. The molecule has 4 aliphatic rings. The summed E-state index contributed by atoms with van der Waals surface area (Å²) in [4.78, 5) is 27.9. The van der Waals surface area contributed by atoms with Gasteiger partial charge in [-0.1, -0.05) is 12.2 Å². The SMILES string of the molecule is CC(C)(C)OC(=O)N1CC=C(B2OC(C)(C)C(C)(C)O2)CCC1.CC(C)(C)OC(=O)N1CCC=C(B2OC(C)(C)C(C)(C)O2)CC1. The Morgan fingerprint density at radius 1 is 0.630 bits per heavy atom. The first kappa shape index (κ1) is 38.4. The third-order valence-corrected chi connectivity index (χ3v) is 9.36. The van der Waals surface area contributed by atoms with Gasteiger partial charge in [0.15, 0.2) is 0 Å². The van der Waals surface area contributed by atoms with E-state index in [1.165, 1.54) is 0 Å². The van der Waals surface area contributed by atoms with Crippen LogP contribution in [-0.4, -0.2) is 96.0 Å². The van der Waals surface area contributed by atoms with Crippen molar-refractivity contribution in [1.29, 1.82) is 0 Å². The standard InChI is InChI=1S/2C17H30BNO4/c2*1-15(2,3)21-14(20)19-11-8-9-13(10-12-19)18-22-16(4,5)17(6,7)23-18/h10H,8-9,11-12H2,1-7H3;9H,8,10-12H2,1-7H3. The lowest BCUT2D eigenvalue weighted by molar-refractivity contribution is 0.00578. The van der Waals surface area contributed by atoms with Gasteiger partial charge >= 0.3 is 26.4 Å². The van der Waals surface area contributed by atoms with Gasteiger partial charge in [-0.3, -0.25) is 0 Å². The molecule has 4 rings (SSSR count). The van der Waals surface area contributed by atoms with Crippen LogP contribution < -0.4 is 0 Å². The lowest BCUT2D eigenvalue weighted by Gasteiger charge is -2.32. The van der Waals surface area contributed by atoms with Crippen molar-refractivity contribution in [2.24, 2.45) is 0 Å². The maximum atomic E-state index is 12.2. The summed E-state index contributed by atoms with van der Waals surface area (Å²) in [5.74, 6) is 0. The molecule has 0 aromatic heterocycles. The van der Waals surface area contributed by atoms with Crippen molar-refractivity contribution >= 4 is 26.4 Å². The van der Waals surface area contributed by atoms with E-state index < -0.39 is 11.2 Å². The van der Waals surface area contributed by atoms with Gasteiger partial charge in [0.05, 0.1) is 22.4 Å². The summed E-state index contributed by atoms with van der Waals surface area (Å²) in [5, 5.41) is 0. The summed E-state index contributed by atoms with van der Waals surface area (Å²) in [6.07, 6.45) is 6.98. The summed E-state index contributed by atoms with van der Waals surface area (Å²) in [5.41, 5.74) is -0.0478. The molecular weight excluding hydrogens is 586 g/mol. The van der Waals surface area contributed by atoms with Gasteiger partial charge in [0.2, 0.25) is 0 Å². The minimum Gasteiger partial charge on any atom is -0.444 e. The summed E-state index contributed by atoms with van der Waals surface area (Å²) >= 11 is 0. The van der Waals surface area contributed by atoms with Crippen LogP contribution in [0.3, 0.4) is 0 Å². The molecule has 46 heavy (non-hydrogen) atoms. The number of ether oxygens (including phenoxy) is 2. The van der Waals surface area contributed by atoms with Gasteiger partial charge in [-0.2, -0.15) is 0 Å². The van der Waals surface area contributed by atoms with Crippen molar-refractivity contribution < 1.29 is 37.7 Å². The molecule has 0 radical (unpaired) electrons. The molecule has 10 nitrogen and oxygen atoms in total. The van der Waals surface area contributed by atoms with Gasteiger partial charge in [-0.15, -0.1) is 0 Å². The summed E-state index contributed by atoms with van der Waals surface area (Å²) < 4.78 is 35.4. The number of nitrogens with zero attached hydrogens (tertiary/aromatic N) is 2. The van der Waals surface area contributed by atoms with Crippen molar-refractivity contribution in [3.05, 3.63) is 23.1 Å². The predicted molar refractivity (Wildman–Crippen MR) is 182 cm³/mol. The van der Waals surface area contributed by atoms with Crippen LogP contribution in [0.5, 0.6) is 0 Å². The molecule has 0 atom stereocenters. The topological polar surface area (TPSA) is 96.0 Å². The zero-order valence-corrected chi connectivity index (χ0v) is 31.1. The molecule has 0 aromatic rings. The first-order valence-corrected chi connectivity index (χ1v) is 16.9. The highest BCUT2D eigenvalue weighted by atomic mass is 16.7. The monoisotopic (exact) mass is 646 g/mol. The van der Waals surface area contributed by atoms with Gasteiger partial charge < -0.3 is 37.9 Å². The first-order valence-electron chi connectivity index (χ1n) is 16.9. The van der Waals surface area contributed by atoms with Crippen LogP contribution >= 0.6 is 0 Å². The lowest BCUT2D eigenvalue weighted by atomic mass is 9.75. The van der Waals surface area contributed by atoms with E-state index in [-0.39, 0.29) is 48.8 Å². The van der Waals surface area contributed by atoms with Crippen LogP contribution in [0.1, 0.15) is 123 Å². The molecule has 0 saturated carbocycles. The average Bonchev–Trinajstić information content (AvgIpc) is 3.12. The number of carbonyl (C=O) groups excluding carboxylic acids is 2. The molecule has 12 heteroatoms. The first-order chi connectivity index (χ1) is 20.8. The summed E-state index contributed by atoms with van der Waals surface area (Å²) in [7, 11) is -0.642. The molecule has 2 amide bonds. The molecule has 0 bridgehead atoms. The average molecular weight is 646 g/mol. The van der Waals surface area contributed by atoms with Crippen LogP contribution in [-0.2, 0) is 28.1 Å². The molecule has 4 heterocycles. The van der Waals surface area contributed by atoms with E-state index in [4.69, 9.17) is 28.1 Å². The number of allylic oxidation sites excluding steroid dienone is 1. The Morgan fingerprint density at radius 2 is 1.04 bits per heavy atom. The highest BCUT2D eigenvalue weighted by Gasteiger charge is 2.53. The van der Waals surface area contributed by atoms with Crippen LogP contribution in [0.4, 0.5) is 9.59 Å². The fraction of sp³-hybridized carbons (Fsp3) is 0.824. The van der Waals surface area contributed by atoms with E-state index in [1.807, 2.05) is 41.5 Å². The van der Waals surface area contributed by atoms with E-state index in [2.05, 4.69) is 67.5 Å². The number of amides is 2. The van der Waals surface area contributed by atoms with E-state index >= 15 is 0 Å². The zero-order chi connectivity index (χ0) is 34.9. The Bertz CT molecular complexity index is 1130. The molecular formula is C34H60B2N2O8. The summed E-state index contributed by atoms with van der Waals surface area (Å²) in [6, 6.07) is 0. The Hall–Kier alpha value is -2.01. The number of hydrogen-bond acceptors (Lipinski definition) is 8. The van der Waals surface area contributed by atoms with Crippen LogP contribution in [0.25, 0.3) is 0 Å². The second kappa shape index (κ2) is 13.8. The smallest absolute Gasteiger partial charge is 0.444 e. The fourth-order valence-electron chi connectivity index (χ4n) is 5.20. The van der Waals surface area contributed by atoms with E-state index in [1.54, 1.807) is 9.80 Å². The summed E-state index contributed by atoms with van der Waals surface area (Å²) in [6.45, 7) is 30.2. The Morgan fingerprint density at radius 3 is 1.48 bits per heavy atom. The molecule has 260 valence electrons. The predicted octanol–water partition coefficient (Wildman–Crippen LogP) is 7.15. The Kier molecular flexibility index (Phi) is 11.6. The van der Waals surface area contributed by atoms with Crippen LogP contribution in [0, 0.1) is 0 Å². The van der Waals surface area contributed by atoms with Gasteiger partial charge in [0, 0.05) is 26.2 Å². The third kappa shape index (κ3) is 10.0. The van der Waals surface area contributed by atoms with Crippen molar-refractivity contribution in [3.63, 3.8) is 0 Å². The molecule has 0 N–H and O–H groups in total. The van der Waals surface area contributed by atoms with Crippen molar-refractivity contribution in [2.45, 2.75) is 156 Å². The Labute approximate surface area is 279 Å². The lowest BCUT2D eigenvalue weighted by Crippen LogP contribution is -2.41. The van der Waals surface area contributed by atoms with E-state index in [0.717, 1.165) is 36.6 Å². The second-order valence-corrected chi connectivity index (χ2v) is 16.8. The number of hydrogen-bond donors (Lipinski definition) is 0. The number of carbonyl (C=O) groups is 2. The molecule has 0 spiro atoms. The fourth-order valence-corrected chi connectivity index (χ4v) is 5.20. The van der Waals surface area contributed by atoms with Crippen molar-refractivity contribution in [3.8, 4) is 0 Å². The van der Waals surface area contributed by atoms with E-state index in [9.17, 15) is 9.59 Å². The molecule has 0 aromatic carbocycles. The largest absolute Gasteiger partial charge is 0.490 e. The molecule has 2 saturated heterocycles. The maximum Gasteiger partial charge on any atom is 0.490 e. The highest BCUT2D eigenvalue weighted by molar-refractivity contribution is 6.55. The molecule has 4 aliphatic heterocycles. The van der Waals surface area contributed by atoms with Gasteiger partial charge in [-0.05, 0) is 134 Å². The van der Waals surface area contributed by atoms with Gasteiger partial charge in [0.1, 0.15) is 11.2 Å². The molecule has 0 aliphatic carbocycles. The minimum absolute atomic E-state index is 0.249. The van der Waals surface area contributed by atoms with Crippen molar-refractivity contribution in [2.75, 3.05) is 26.2 Å². The third-order valence-electron chi connectivity index (χ3n) is 9.36. The second-order valence-electron chi connectivity index (χ2n) is 16.8. The Balaban J connectivity index is 0.000000250. The van der Waals surface area contributed by atoms with Crippen LogP contribution in [0.15, 0.2) is 23.1 Å².